The van der Waals surface area contributed by atoms with Crippen LogP contribution in [-0.4, -0.2) is 23.8 Å². The summed E-state index contributed by atoms with van der Waals surface area (Å²) < 4.78 is 0. The molecule has 1 aliphatic rings. The summed E-state index contributed by atoms with van der Waals surface area (Å²) in [5.74, 6) is -0.990. The minimum atomic E-state index is -0.567. The van der Waals surface area contributed by atoms with Gasteiger partial charge in [0.2, 0.25) is 17.7 Å². The van der Waals surface area contributed by atoms with Gasteiger partial charge >= 0.3 is 0 Å². The van der Waals surface area contributed by atoms with Crippen LogP contribution in [0, 0.1) is 5.92 Å². The largest absolute Gasteiger partial charge is 0.325 e. The standard InChI is InChI=1S/C14H17N3O3.ClH/c1-8(15)13(19)16-11-4-2-9(3-5-11)6-10-7-12(18)17-14(10)20;/h2-5,8,10H,6-7,15H2,1H3,(H,16,19)(H,17,18,20);1H/t8-,10?;/m1./s1. The van der Waals surface area contributed by atoms with Gasteiger partial charge in [-0.05, 0) is 31.0 Å². The molecule has 1 saturated heterocycles. The van der Waals surface area contributed by atoms with Gasteiger partial charge in [0.1, 0.15) is 0 Å². The highest BCUT2D eigenvalue weighted by molar-refractivity contribution is 6.03. The minimum Gasteiger partial charge on any atom is -0.325 e. The van der Waals surface area contributed by atoms with Gasteiger partial charge < -0.3 is 11.1 Å². The Morgan fingerprint density at radius 3 is 2.48 bits per heavy atom. The number of carbonyl (C=O) groups is 3. The van der Waals surface area contributed by atoms with E-state index >= 15 is 0 Å². The SMILES string of the molecule is C[C@@H](N)C(=O)Nc1ccc(CC2CC(=O)NC2=O)cc1.Cl. The molecule has 1 heterocycles. The zero-order valence-electron chi connectivity index (χ0n) is 11.6. The van der Waals surface area contributed by atoms with Crippen molar-refractivity contribution in [2.45, 2.75) is 25.8 Å². The van der Waals surface area contributed by atoms with E-state index in [1.807, 2.05) is 12.1 Å². The van der Waals surface area contributed by atoms with Crippen LogP contribution < -0.4 is 16.4 Å². The Morgan fingerprint density at radius 2 is 2.00 bits per heavy atom. The number of halogens is 1. The monoisotopic (exact) mass is 311 g/mol. The van der Waals surface area contributed by atoms with Crippen molar-refractivity contribution >= 4 is 35.8 Å². The van der Waals surface area contributed by atoms with Gasteiger partial charge in [-0.1, -0.05) is 12.1 Å². The predicted octanol–water partition coefficient (Wildman–Crippen LogP) is 0.599. The van der Waals surface area contributed by atoms with Gasteiger partial charge in [-0.2, -0.15) is 0 Å². The molecule has 0 radical (unpaired) electrons. The van der Waals surface area contributed by atoms with E-state index < -0.39 is 6.04 Å². The van der Waals surface area contributed by atoms with Gasteiger partial charge in [-0.3, -0.25) is 19.7 Å². The van der Waals surface area contributed by atoms with E-state index in [1.165, 1.54) is 0 Å². The summed E-state index contributed by atoms with van der Waals surface area (Å²) in [6.45, 7) is 1.61. The van der Waals surface area contributed by atoms with Gasteiger partial charge in [0, 0.05) is 12.1 Å². The van der Waals surface area contributed by atoms with Crippen molar-refractivity contribution in [2.75, 3.05) is 5.32 Å². The zero-order valence-corrected chi connectivity index (χ0v) is 12.4. The van der Waals surface area contributed by atoms with Gasteiger partial charge in [-0.25, -0.2) is 0 Å². The highest BCUT2D eigenvalue weighted by atomic mass is 35.5. The Hall–Kier alpha value is -1.92. The molecule has 2 atom stereocenters. The first-order chi connectivity index (χ1) is 9.45. The van der Waals surface area contributed by atoms with E-state index in [0.717, 1.165) is 5.56 Å². The van der Waals surface area contributed by atoms with E-state index in [2.05, 4.69) is 10.6 Å². The maximum absolute atomic E-state index is 11.5. The maximum atomic E-state index is 11.5. The summed E-state index contributed by atoms with van der Waals surface area (Å²) in [6.07, 6.45) is 0.751. The summed E-state index contributed by atoms with van der Waals surface area (Å²) in [6, 6.07) is 6.59. The van der Waals surface area contributed by atoms with Crippen molar-refractivity contribution < 1.29 is 14.4 Å². The zero-order chi connectivity index (χ0) is 14.7. The van der Waals surface area contributed by atoms with Crippen LogP contribution in [0.2, 0.25) is 0 Å². The fraction of sp³-hybridized carbons (Fsp3) is 0.357. The number of rotatable bonds is 4. The van der Waals surface area contributed by atoms with Crippen LogP contribution in [-0.2, 0) is 20.8 Å². The second-order valence-corrected chi connectivity index (χ2v) is 4.99. The Kier molecular flexibility index (Phi) is 5.87. The maximum Gasteiger partial charge on any atom is 0.240 e. The number of nitrogens with two attached hydrogens (primary N) is 1. The molecular formula is C14H18ClN3O3. The van der Waals surface area contributed by atoms with Crippen molar-refractivity contribution in [3.8, 4) is 0 Å². The second kappa shape index (κ2) is 7.19. The van der Waals surface area contributed by atoms with Crippen molar-refractivity contribution in [3.05, 3.63) is 29.8 Å². The summed E-state index contributed by atoms with van der Waals surface area (Å²) in [7, 11) is 0. The molecular weight excluding hydrogens is 294 g/mol. The lowest BCUT2D eigenvalue weighted by atomic mass is 9.98. The highest BCUT2D eigenvalue weighted by Gasteiger charge is 2.30. The molecule has 1 fully saturated rings. The molecule has 0 saturated carbocycles. The average Bonchev–Trinajstić information content (AvgIpc) is 2.70. The van der Waals surface area contributed by atoms with Crippen LogP contribution in [0.4, 0.5) is 5.69 Å². The van der Waals surface area contributed by atoms with Crippen LogP contribution in [0.25, 0.3) is 0 Å². The highest BCUT2D eigenvalue weighted by Crippen LogP contribution is 2.18. The Balaban J connectivity index is 0.00000220. The first-order valence-electron chi connectivity index (χ1n) is 6.45. The Bertz CT molecular complexity index is 543. The van der Waals surface area contributed by atoms with Crippen molar-refractivity contribution in [1.82, 2.24) is 5.32 Å². The van der Waals surface area contributed by atoms with E-state index in [0.29, 0.717) is 12.1 Å². The van der Waals surface area contributed by atoms with E-state index in [-0.39, 0.29) is 42.5 Å². The van der Waals surface area contributed by atoms with Crippen LogP contribution >= 0.6 is 12.4 Å². The van der Waals surface area contributed by atoms with E-state index in [9.17, 15) is 14.4 Å². The Morgan fingerprint density at radius 1 is 1.38 bits per heavy atom. The third-order valence-corrected chi connectivity index (χ3v) is 3.18. The summed E-state index contributed by atoms with van der Waals surface area (Å²) in [5, 5.41) is 4.97. The molecule has 7 heteroatoms. The molecule has 1 aromatic rings. The molecule has 0 bridgehead atoms. The molecule has 0 aromatic heterocycles. The lowest BCUT2D eigenvalue weighted by molar-refractivity contribution is -0.125. The van der Waals surface area contributed by atoms with Crippen molar-refractivity contribution in [2.24, 2.45) is 11.7 Å². The third-order valence-electron chi connectivity index (χ3n) is 3.18. The fourth-order valence-corrected chi connectivity index (χ4v) is 2.04. The van der Waals surface area contributed by atoms with Crippen LogP contribution in [0.15, 0.2) is 24.3 Å². The number of hydrogen-bond donors (Lipinski definition) is 3. The number of imide groups is 1. The van der Waals surface area contributed by atoms with Crippen molar-refractivity contribution in [1.29, 1.82) is 0 Å². The van der Waals surface area contributed by atoms with Crippen molar-refractivity contribution in [3.63, 3.8) is 0 Å². The topological polar surface area (TPSA) is 101 Å². The average molecular weight is 312 g/mol. The van der Waals surface area contributed by atoms with Crippen LogP contribution in [0.3, 0.4) is 0 Å². The molecule has 1 aromatic carbocycles. The van der Waals surface area contributed by atoms with Gasteiger partial charge in [-0.15, -0.1) is 12.4 Å². The molecule has 3 amide bonds. The number of nitrogens with one attached hydrogen (secondary N) is 2. The lowest BCUT2D eigenvalue weighted by Crippen LogP contribution is -2.32. The van der Waals surface area contributed by atoms with Crippen LogP contribution in [0.1, 0.15) is 18.9 Å². The number of benzene rings is 1. The normalized spacial score (nSPS) is 18.7. The number of amides is 3. The Labute approximate surface area is 128 Å². The van der Waals surface area contributed by atoms with Gasteiger partial charge in [0.15, 0.2) is 0 Å². The number of hydrogen-bond acceptors (Lipinski definition) is 4. The van der Waals surface area contributed by atoms with Crippen LogP contribution in [0.5, 0.6) is 0 Å². The van der Waals surface area contributed by atoms with Gasteiger partial charge in [0.25, 0.3) is 0 Å². The molecule has 0 spiro atoms. The lowest BCUT2D eigenvalue weighted by Gasteiger charge is -2.09. The molecule has 1 aliphatic heterocycles. The smallest absolute Gasteiger partial charge is 0.240 e. The second-order valence-electron chi connectivity index (χ2n) is 4.99. The molecule has 114 valence electrons. The molecule has 6 nitrogen and oxygen atoms in total. The molecule has 1 unspecified atom stereocenters. The number of carbonyl (C=O) groups excluding carboxylic acids is 3. The number of anilines is 1. The fourth-order valence-electron chi connectivity index (χ4n) is 2.04. The predicted molar refractivity (Wildman–Crippen MR) is 80.9 cm³/mol. The van der Waals surface area contributed by atoms with Gasteiger partial charge in [0.05, 0.1) is 12.0 Å². The molecule has 21 heavy (non-hydrogen) atoms. The van der Waals surface area contributed by atoms with E-state index in [1.54, 1.807) is 19.1 Å². The molecule has 0 aliphatic carbocycles. The minimum absolute atomic E-state index is 0. The van der Waals surface area contributed by atoms with E-state index in [4.69, 9.17) is 5.73 Å². The molecule has 2 rings (SSSR count). The summed E-state index contributed by atoms with van der Waals surface area (Å²) in [4.78, 5) is 34.0. The first kappa shape index (κ1) is 17.1. The summed E-state index contributed by atoms with van der Waals surface area (Å²) >= 11 is 0. The first-order valence-corrected chi connectivity index (χ1v) is 6.45. The quantitative estimate of drug-likeness (QED) is 0.709. The molecule has 4 N–H and O–H groups in total. The summed E-state index contributed by atoms with van der Waals surface area (Å²) in [5.41, 5.74) is 7.06. The third kappa shape index (κ3) is 4.54.